The molecule has 1 N–H and O–H groups in total. The SMILES string of the molecule is COc1ccc(C2=C(Nc3ccc(C)cc3)C(=O)N(c3cccc(C)c3)C2=O)cc1. The molecule has 1 heterocycles. The van der Waals surface area contributed by atoms with Crippen molar-refractivity contribution in [1.82, 2.24) is 0 Å². The number of anilines is 2. The van der Waals surface area contributed by atoms with E-state index in [9.17, 15) is 9.59 Å². The summed E-state index contributed by atoms with van der Waals surface area (Å²) >= 11 is 0. The molecule has 0 fully saturated rings. The monoisotopic (exact) mass is 398 g/mol. The van der Waals surface area contributed by atoms with Crippen molar-refractivity contribution in [3.05, 3.63) is 95.2 Å². The van der Waals surface area contributed by atoms with Gasteiger partial charge in [-0.05, 0) is 61.4 Å². The quantitative estimate of drug-likeness (QED) is 0.633. The van der Waals surface area contributed by atoms with Crippen molar-refractivity contribution in [2.75, 3.05) is 17.3 Å². The van der Waals surface area contributed by atoms with Crippen LogP contribution in [0.4, 0.5) is 11.4 Å². The zero-order valence-corrected chi connectivity index (χ0v) is 17.1. The first-order valence-corrected chi connectivity index (χ1v) is 9.66. The molecule has 30 heavy (non-hydrogen) atoms. The summed E-state index contributed by atoms with van der Waals surface area (Å²) in [6, 6.07) is 22.2. The normalized spacial score (nSPS) is 13.8. The number of benzene rings is 3. The number of carbonyl (C=O) groups is 2. The maximum atomic E-state index is 13.4. The summed E-state index contributed by atoms with van der Waals surface area (Å²) in [5, 5.41) is 3.18. The third-order valence-corrected chi connectivity index (χ3v) is 5.04. The lowest BCUT2D eigenvalue weighted by molar-refractivity contribution is -0.120. The van der Waals surface area contributed by atoms with Gasteiger partial charge in [-0.25, -0.2) is 4.90 Å². The highest BCUT2D eigenvalue weighted by molar-refractivity contribution is 6.46. The van der Waals surface area contributed by atoms with Gasteiger partial charge in [0.2, 0.25) is 0 Å². The lowest BCUT2D eigenvalue weighted by Gasteiger charge is -2.16. The van der Waals surface area contributed by atoms with Crippen LogP contribution in [0, 0.1) is 13.8 Å². The first-order valence-electron chi connectivity index (χ1n) is 9.66. The summed E-state index contributed by atoms with van der Waals surface area (Å²) in [6.07, 6.45) is 0. The second-order valence-corrected chi connectivity index (χ2v) is 7.25. The minimum Gasteiger partial charge on any atom is -0.497 e. The van der Waals surface area contributed by atoms with Crippen molar-refractivity contribution < 1.29 is 14.3 Å². The Hall–Kier alpha value is -3.86. The predicted octanol–water partition coefficient (Wildman–Crippen LogP) is 4.71. The molecule has 1 aliphatic rings. The Kier molecular flexibility index (Phi) is 5.11. The molecule has 0 aromatic heterocycles. The number of aryl methyl sites for hydroxylation is 2. The Morgan fingerprint density at radius 3 is 2.13 bits per heavy atom. The number of imide groups is 1. The summed E-state index contributed by atoms with van der Waals surface area (Å²) in [5.41, 5.74) is 4.63. The number of nitrogens with zero attached hydrogens (tertiary/aromatic N) is 1. The summed E-state index contributed by atoms with van der Waals surface area (Å²) in [5.74, 6) is -0.0536. The van der Waals surface area contributed by atoms with E-state index in [0.29, 0.717) is 22.6 Å². The molecule has 5 heteroatoms. The van der Waals surface area contributed by atoms with Crippen LogP contribution in [0.3, 0.4) is 0 Å². The molecule has 1 aliphatic heterocycles. The largest absolute Gasteiger partial charge is 0.497 e. The molecule has 0 aliphatic carbocycles. The van der Waals surface area contributed by atoms with Gasteiger partial charge in [0.1, 0.15) is 11.4 Å². The third-order valence-electron chi connectivity index (χ3n) is 5.04. The molecule has 3 aromatic rings. The van der Waals surface area contributed by atoms with Gasteiger partial charge in [-0.3, -0.25) is 9.59 Å². The number of hydrogen-bond acceptors (Lipinski definition) is 4. The van der Waals surface area contributed by atoms with E-state index in [2.05, 4.69) is 5.32 Å². The molecule has 0 saturated heterocycles. The highest BCUT2D eigenvalue weighted by Gasteiger charge is 2.40. The van der Waals surface area contributed by atoms with Crippen LogP contribution in [-0.2, 0) is 9.59 Å². The number of carbonyl (C=O) groups excluding carboxylic acids is 2. The number of ether oxygens (including phenoxy) is 1. The summed E-state index contributed by atoms with van der Waals surface area (Å²) in [4.78, 5) is 28.0. The molecule has 150 valence electrons. The number of amides is 2. The Morgan fingerprint density at radius 1 is 0.800 bits per heavy atom. The molecule has 0 spiro atoms. The van der Waals surface area contributed by atoms with E-state index in [1.54, 1.807) is 37.4 Å². The van der Waals surface area contributed by atoms with E-state index in [4.69, 9.17) is 4.74 Å². The van der Waals surface area contributed by atoms with Crippen molar-refractivity contribution in [2.45, 2.75) is 13.8 Å². The topological polar surface area (TPSA) is 58.6 Å². The van der Waals surface area contributed by atoms with E-state index in [1.165, 1.54) is 4.90 Å². The van der Waals surface area contributed by atoms with Gasteiger partial charge in [-0.2, -0.15) is 0 Å². The van der Waals surface area contributed by atoms with Crippen molar-refractivity contribution in [3.63, 3.8) is 0 Å². The molecule has 0 atom stereocenters. The van der Waals surface area contributed by atoms with Gasteiger partial charge in [0.15, 0.2) is 0 Å². The molecule has 0 saturated carbocycles. The standard InChI is InChI=1S/C25H22N2O3/c1-16-7-11-19(12-8-16)26-23-22(18-9-13-21(30-3)14-10-18)24(28)27(25(23)29)20-6-4-5-17(2)15-20/h4-15,26H,1-3H3. The van der Waals surface area contributed by atoms with Gasteiger partial charge in [0.25, 0.3) is 11.8 Å². The molecular weight excluding hydrogens is 376 g/mol. The first kappa shape index (κ1) is 19.5. The fraction of sp³-hybridized carbons (Fsp3) is 0.120. The zero-order chi connectivity index (χ0) is 21.3. The second-order valence-electron chi connectivity index (χ2n) is 7.25. The van der Waals surface area contributed by atoms with Crippen LogP contribution < -0.4 is 15.0 Å². The highest BCUT2D eigenvalue weighted by atomic mass is 16.5. The van der Waals surface area contributed by atoms with E-state index in [1.807, 2.05) is 56.3 Å². The average Bonchev–Trinajstić information content (AvgIpc) is 2.99. The van der Waals surface area contributed by atoms with Crippen molar-refractivity contribution in [3.8, 4) is 5.75 Å². The van der Waals surface area contributed by atoms with E-state index in [-0.39, 0.29) is 17.5 Å². The lowest BCUT2D eigenvalue weighted by Crippen LogP contribution is -2.32. The molecule has 3 aromatic carbocycles. The minimum atomic E-state index is -0.378. The first-order chi connectivity index (χ1) is 14.5. The second kappa shape index (κ2) is 7.87. The number of rotatable bonds is 5. The van der Waals surface area contributed by atoms with Crippen LogP contribution in [-0.4, -0.2) is 18.9 Å². The zero-order valence-electron chi connectivity index (χ0n) is 17.1. The molecular formula is C25H22N2O3. The molecule has 4 rings (SSSR count). The Balaban J connectivity index is 1.81. The third kappa shape index (κ3) is 3.57. The molecule has 0 bridgehead atoms. The van der Waals surface area contributed by atoms with Crippen LogP contribution in [0.15, 0.2) is 78.5 Å². The number of hydrogen-bond donors (Lipinski definition) is 1. The van der Waals surface area contributed by atoms with Gasteiger partial charge in [0, 0.05) is 5.69 Å². The Morgan fingerprint density at radius 2 is 1.50 bits per heavy atom. The van der Waals surface area contributed by atoms with Crippen LogP contribution in [0.5, 0.6) is 5.75 Å². The van der Waals surface area contributed by atoms with Crippen LogP contribution >= 0.6 is 0 Å². The summed E-state index contributed by atoms with van der Waals surface area (Å²) in [6.45, 7) is 3.92. The minimum absolute atomic E-state index is 0.260. The van der Waals surface area contributed by atoms with Gasteiger partial charge in [-0.15, -0.1) is 0 Å². The Bertz CT molecular complexity index is 1150. The summed E-state index contributed by atoms with van der Waals surface area (Å²) in [7, 11) is 1.59. The smallest absolute Gasteiger partial charge is 0.282 e. The molecule has 0 radical (unpaired) electrons. The van der Waals surface area contributed by atoms with E-state index < -0.39 is 0 Å². The maximum absolute atomic E-state index is 13.4. The fourth-order valence-corrected chi connectivity index (χ4v) is 3.45. The van der Waals surface area contributed by atoms with Gasteiger partial charge >= 0.3 is 0 Å². The van der Waals surface area contributed by atoms with Crippen molar-refractivity contribution in [1.29, 1.82) is 0 Å². The van der Waals surface area contributed by atoms with E-state index >= 15 is 0 Å². The van der Waals surface area contributed by atoms with Crippen molar-refractivity contribution in [2.24, 2.45) is 0 Å². The van der Waals surface area contributed by atoms with Crippen LogP contribution in [0.25, 0.3) is 5.57 Å². The lowest BCUT2D eigenvalue weighted by atomic mass is 10.0. The molecule has 2 amide bonds. The predicted molar refractivity (Wildman–Crippen MR) is 118 cm³/mol. The van der Waals surface area contributed by atoms with Crippen LogP contribution in [0.2, 0.25) is 0 Å². The average molecular weight is 398 g/mol. The van der Waals surface area contributed by atoms with Crippen molar-refractivity contribution >= 4 is 28.8 Å². The maximum Gasteiger partial charge on any atom is 0.282 e. The van der Waals surface area contributed by atoms with Crippen LogP contribution in [0.1, 0.15) is 16.7 Å². The van der Waals surface area contributed by atoms with Gasteiger partial charge in [-0.1, -0.05) is 42.0 Å². The number of nitrogens with one attached hydrogen (secondary N) is 1. The highest BCUT2D eigenvalue weighted by Crippen LogP contribution is 2.34. The molecule has 0 unspecified atom stereocenters. The van der Waals surface area contributed by atoms with Gasteiger partial charge < -0.3 is 10.1 Å². The fourth-order valence-electron chi connectivity index (χ4n) is 3.45. The molecule has 5 nitrogen and oxygen atoms in total. The Labute approximate surface area is 175 Å². The summed E-state index contributed by atoms with van der Waals surface area (Å²) < 4.78 is 5.22. The van der Waals surface area contributed by atoms with Gasteiger partial charge in [0.05, 0.1) is 18.4 Å². The number of methoxy groups -OCH3 is 1. The van der Waals surface area contributed by atoms with E-state index in [0.717, 1.165) is 16.8 Å².